The number of nitrogens with zero attached hydrogens (tertiary/aromatic N) is 2. The average molecular weight is 225 g/mol. The van der Waals surface area contributed by atoms with Crippen LogP contribution in [0, 0.1) is 0 Å². The minimum Gasteiger partial charge on any atom is -0.392 e. The van der Waals surface area contributed by atoms with Crippen molar-refractivity contribution in [3.05, 3.63) is 18.0 Å². The van der Waals surface area contributed by atoms with Crippen molar-refractivity contribution in [1.82, 2.24) is 10.1 Å². The third-order valence-electron chi connectivity index (χ3n) is 2.50. The van der Waals surface area contributed by atoms with Crippen LogP contribution in [-0.4, -0.2) is 33.5 Å². The fourth-order valence-electron chi connectivity index (χ4n) is 1.78. The zero-order valence-corrected chi connectivity index (χ0v) is 8.87. The molecule has 0 aliphatic carbocycles. The first-order valence-electron chi connectivity index (χ1n) is 4.71. The molecule has 1 aliphatic rings. The largest absolute Gasteiger partial charge is 0.392 e. The van der Waals surface area contributed by atoms with Gasteiger partial charge in [-0.05, 0) is 12.8 Å². The molecule has 1 aromatic rings. The third kappa shape index (κ3) is 1.85. The van der Waals surface area contributed by atoms with Gasteiger partial charge in [-0.1, -0.05) is 17.4 Å². The van der Waals surface area contributed by atoms with Gasteiger partial charge in [-0.25, -0.2) is 0 Å². The summed E-state index contributed by atoms with van der Waals surface area (Å²) in [5, 5.41) is 3.60. The number of nitrogens with two attached hydrogens (primary N) is 1. The highest BCUT2D eigenvalue weighted by Crippen LogP contribution is 2.19. The van der Waals surface area contributed by atoms with Gasteiger partial charge in [0.05, 0.1) is 11.0 Å². The summed E-state index contributed by atoms with van der Waals surface area (Å²) in [5.74, 6) is -0.168. The van der Waals surface area contributed by atoms with Crippen molar-refractivity contribution in [1.29, 1.82) is 0 Å². The van der Waals surface area contributed by atoms with Crippen LogP contribution in [0.15, 0.2) is 16.9 Å². The lowest BCUT2D eigenvalue weighted by Gasteiger charge is -2.22. The minimum atomic E-state index is -0.168. The van der Waals surface area contributed by atoms with E-state index < -0.39 is 0 Å². The van der Waals surface area contributed by atoms with E-state index in [1.54, 1.807) is 4.90 Å². The Morgan fingerprint density at radius 2 is 2.53 bits per heavy atom. The zero-order valence-electron chi connectivity index (χ0n) is 8.05. The number of thiocarbonyl (C=S) groups is 1. The number of aromatic nitrogens is 1. The predicted molar refractivity (Wildman–Crippen MR) is 57.3 cm³/mol. The van der Waals surface area contributed by atoms with E-state index in [0.717, 1.165) is 12.8 Å². The van der Waals surface area contributed by atoms with Crippen LogP contribution in [0.3, 0.4) is 0 Å². The van der Waals surface area contributed by atoms with E-state index in [-0.39, 0.29) is 11.9 Å². The fourth-order valence-corrected chi connectivity index (χ4v) is 2.02. The summed E-state index contributed by atoms with van der Waals surface area (Å²) in [6.07, 6.45) is 3.13. The van der Waals surface area contributed by atoms with Crippen LogP contribution in [0.5, 0.6) is 0 Å². The number of amides is 1. The molecule has 0 bridgehead atoms. The van der Waals surface area contributed by atoms with Crippen molar-refractivity contribution in [2.75, 3.05) is 6.54 Å². The average Bonchev–Trinajstić information content (AvgIpc) is 2.88. The molecule has 15 heavy (non-hydrogen) atoms. The van der Waals surface area contributed by atoms with Gasteiger partial charge < -0.3 is 15.2 Å². The highest BCUT2D eigenvalue weighted by Gasteiger charge is 2.32. The molecular weight excluding hydrogens is 214 g/mol. The van der Waals surface area contributed by atoms with E-state index >= 15 is 0 Å². The second-order valence-electron chi connectivity index (χ2n) is 3.44. The lowest BCUT2D eigenvalue weighted by Crippen LogP contribution is -2.42. The van der Waals surface area contributed by atoms with Crippen molar-refractivity contribution in [3.8, 4) is 0 Å². The maximum atomic E-state index is 11.9. The summed E-state index contributed by atoms with van der Waals surface area (Å²) in [5.41, 5.74) is 5.88. The summed E-state index contributed by atoms with van der Waals surface area (Å²) in [6.45, 7) is 0.674. The Morgan fingerprint density at radius 3 is 3.13 bits per heavy atom. The van der Waals surface area contributed by atoms with Gasteiger partial charge in [0.15, 0.2) is 5.69 Å². The molecule has 1 unspecified atom stereocenters. The van der Waals surface area contributed by atoms with Gasteiger partial charge in [0.1, 0.15) is 6.26 Å². The van der Waals surface area contributed by atoms with E-state index in [1.807, 2.05) is 0 Å². The second-order valence-corrected chi connectivity index (χ2v) is 3.92. The van der Waals surface area contributed by atoms with E-state index in [9.17, 15) is 4.79 Å². The number of carbonyl (C=O) groups is 1. The molecule has 2 heterocycles. The van der Waals surface area contributed by atoms with Gasteiger partial charge in [-0.15, -0.1) is 0 Å². The topological polar surface area (TPSA) is 72.4 Å². The SMILES string of the molecule is NC(=S)C1CCCN1C(=O)c1ccon1. The van der Waals surface area contributed by atoms with E-state index in [1.165, 1.54) is 12.3 Å². The third-order valence-corrected chi connectivity index (χ3v) is 2.77. The van der Waals surface area contributed by atoms with Crippen LogP contribution in [0.4, 0.5) is 0 Å². The maximum absolute atomic E-state index is 11.9. The summed E-state index contributed by atoms with van der Waals surface area (Å²) in [4.78, 5) is 13.9. The monoisotopic (exact) mass is 225 g/mol. The molecule has 0 radical (unpaired) electrons. The molecule has 80 valence electrons. The summed E-state index contributed by atoms with van der Waals surface area (Å²) in [7, 11) is 0. The molecular formula is C9H11N3O2S. The van der Waals surface area contributed by atoms with Crippen molar-refractivity contribution < 1.29 is 9.32 Å². The first kappa shape index (κ1) is 10.1. The smallest absolute Gasteiger partial charge is 0.276 e. The van der Waals surface area contributed by atoms with Gasteiger partial charge in [0, 0.05) is 12.6 Å². The fraction of sp³-hybridized carbons (Fsp3) is 0.444. The first-order chi connectivity index (χ1) is 7.20. The van der Waals surface area contributed by atoms with Gasteiger partial charge in [0.25, 0.3) is 5.91 Å². The van der Waals surface area contributed by atoms with Gasteiger partial charge in [-0.2, -0.15) is 0 Å². The van der Waals surface area contributed by atoms with Crippen LogP contribution in [0.2, 0.25) is 0 Å². The molecule has 5 nitrogen and oxygen atoms in total. The molecule has 1 amide bonds. The van der Waals surface area contributed by atoms with E-state index in [0.29, 0.717) is 17.2 Å². The summed E-state index contributed by atoms with van der Waals surface area (Å²) in [6, 6.07) is 1.40. The van der Waals surface area contributed by atoms with Crippen molar-refractivity contribution in [3.63, 3.8) is 0 Å². The minimum absolute atomic E-state index is 0.135. The Balaban J connectivity index is 2.17. The standard InChI is InChI=1S/C9H11N3O2S/c10-8(15)7-2-1-4-12(7)9(13)6-3-5-14-11-6/h3,5,7H,1-2,4H2,(H2,10,15). The Hall–Kier alpha value is -1.43. The number of rotatable bonds is 2. The normalized spacial score (nSPS) is 20.5. The van der Waals surface area contributed by atoms with Crippen LogP contribution in [0.25, 0.3) is 0 Å². The first-order valence-corrected chi connectivity index (χ1v) is 5.11. The molecule has 1 atom stereocenters. The molecule has 1 aromatic heterocycles. The highest BCUT2D eigenvalue weighted by molar-refractivity contribution is 7.80. The molecule has 2 rings (SSSR count). The maximum Gasteiger partial charge on any atom is 0.276 e. The molecule has 1 aliphatic heterocycles. The number of hydrogen-bond donors (Lipinski definition) is 1. The molecule has 1 saturated heterocycles. The predicted octanol–water partition coefficient (Wildman–Crippen LogP) is 0.565. The van der Waals surface area contributed by atoms with Crippen molar-refractivity contribution >= 4 is 23.1 Å². The molecule has 2 N–H and O–H groups in total. The molecule has 0 saturated carbocycles. The number of likely N-dealkylation sites (tertiary alicyclic amines) is 1. The Labute approximate surface area is 92.2 Å². The Bertz CT molecular complexity index is 377. The van der Waals surface area contributed by atoms with Crippen LogP contribution in [0.1, 0.15) is 23.3 Å². The number of carbonyl (C=O) groups excluding carboxylic acids is 1. The highest BCUT2D eigenvalue weighted by atomic mass is 32.1. The quantitative estimate of drug-likeness (QED) is 0.745. The van der Waals surface area contributed by atoms with Crippen LogP contribution in [-0.2, 0) is 0 Å². The van der Waals surface area contributed by atoms with E-state index in [4.69, 9.17) is 18.0 Å². The summed E-state index contributed by atoms with van der Waals surface area (Å²) < 4.78 is 4.63. The van der Waals surface area contributed by atoms with Crippen molar-refractivity contribution in [2.24, 2.45) is 5.73 Å². The zero-order chi connectivity index (χ0) is 10.8. The second kappa shape index (κ2) is 3.98. The van der Waals surface area contributed by atoms with Crippen LogP contribution < -0.4 is 5.73 Å². The van der Waals surface area contributed by atoms with Gasteiger partial charge in [0.2, 0.25) is 0 Å². The Morgan fingerprint density at radius 1 is 1.73 bits per heavy atom. The van der Waals surface area contributed by atoms with Gasteiger partial charge >= 0.3 is 0 Å². The lowest BCUT2D eigenvalue weighted by molar-refractivity contribution is 0.0760. The van der Waals surface area contributed by atoms with Crippen molar-refractivity contribution in [2.45, 2.75) is 18.9 Å². The van der Waals surface area contributed by atoms with Gasteiger partial charge in [-0.3, -0.25) is 4.79 Å². The summed E-state index contributed by atoms with van der Waals surface area (Å²) >= 11 is 4.92. The molecule has 6 heteroatoms. The molecule has 0 spiro atoms. The Kier molecular flexibility index (Phi) is 2.68. The van der Waals surface area contributed by atoms with Crippen LogP contribution >= 0.6 is 12.2 Å². The van der Waals surface area contributed by atoms with E-state index in [2.05, 4.69) is 9.68 Å². The molecule has 1 fully saturated rings. The lowest BCUT2D eigenvalue weighted by atomic mass is 10.2. The number of hydrogen-bond acceptors (Lipinski definition) is 4. The molecule has 0 aromatic carbocycles.